The Balaban J connectivity index is 1.59. The van der Waals surface area contributed by atoms with Crippen molar-refractivity contribution in [1.82, 2.24) is 4.90 Å². The lowest BCUT2D eigenvalue weighted by Gasteiger charge is -2.38. The summed E-state index contributed by atoms with van der Waals surface area (Å²) in [7, 11) is 0. The molecule has 0 atom stereocenters. The molecule has 0 N–H and O–H groups in total. The van der Waals surface area contributed by atoms with Crippen molar-refractivity contribution in [2.45, 2.75) is 39.0 Å². The fourth-order valence-corrected chi connectivity index (χ4v) is 3.77. The van der Waals surface area contributed by atoms with Crippen LogP contribution >= 0.6 is 0 Å². The maximum Gasteiger partial charge on any atom is 0.225 e. The molecule has 1 saturated heterocycles. The van der Waals surface area contributed by atoms with Gasteiger partial charge in [-0.05, 0) is 31.9 Å². The van der Waals surface area contributed by atoms with Crippen molar-refractivity contribution in [2.24, 2.45) is 5.92 Å². The number of ether oxygens (including phenoxy) is 1. The Kier molecular flexibility index (Phi) is 5.42. The molecule has 1 aromatic rings. The molecule has 0 spiro atoms. The molecule has 4 nitrogen and oxygen atoms in total. The zero-order valence-electron chi connectivity index (χ0n) is 14.2. The first-order chi connectivity index (χ1) is 11.3. The molecule has 23 heavy (non-hydrogen) atoms. The third kappa shape index (κ3) is 3.80. The van der Waals surface area contributed by atoms with Crippen molar-refractivity contribution in [1.29, 1.82) is 0 Å². The summed E-state index contributed by atoms with van der Waals surface area (Å²) >= 11 is 0. The van der Waals surface area contributed by atoms with Crippen LogP contribution in [0.15, 0.2) is 24.3 Å². The molecule has 4 heteroatoms. The van der Waals surface area contributed by atoms with Crippen LogP contribution in [0.5, 0.6) is 5.75 Å². The van der Waals surface area contributed by atoms with Crippen molar-refractivity contribution in [3.8, 4) is 5.75 Å². The van der Waals surface area contributed by atoms with Crippen LogP contribution < -0.4 is 9.64 Å². The summed E-state index contributed by atoms with van der Waals surface area (Å²) in [6.45, 7) is 6.13. The molecule has 0 unspecified atom stereocenters. The van der Waals surface area contributed by atoms with Crippen molar-refractivity contribution < 1.29 is 9.53 Å². The number of amides is 1. The van der Waals surface area contributed by atoms with Crippen molar-refractivity contribution in [3.05, 3.63) is 24.3 Å². The van der Waals surface area contributed by atoms with Gasteiger partial charge in [0.25, 0.3) is 0 Å². The highest BCUT2D eigenvalue weighted by molar-refractivity contribution is 5.79. The van der Waals surface area contributed by atoms with Gasteiger partial charge in [-0.1, -0.05) is 31.4 Å². The summed E-state index contributed by atoms with van der Waals surface area (Å²) in [4.78, 5) is 17.1. The molecular formula is C19H28N2O2. The van der Waals surface area contributed by atoms with Crippen LogP contribution in [0.4, 0.5) is 5.69 Å². The van der Waals surface area contributed by atoms with Gasteiger partial charge in [0.2, 0.25) is 5.91 Å². The van der Waals surface area contributed by atoms with Crippen LogP contribution in [-0.2, 0) is 4.79 Å². The number of para-hydroxylation sites is 2. The maximum atomic E-state index is 12.6. The molecule has 1 saturated carbocycles. The Hall–Kier alpha value is -1.71. The van der Waals surface area contributed by atoms with Crippen LogP contribution in [0.2, 0.25) is 0 Å². The van der Waals surface area contributed by atoms with Gasteiger partial charge in [-0.2, -0.15) is 0 Å². The van der Waals surface area contributed by atoms with Gasteiger partial charge >= 0.3 is 0 Å². The van der Waals surface area contributed by atoms with Gasteiger partial charge in [0.1, 0.15) is 5.75 Å². The first kappa shape index (κ1) is 16.2. The van der Waals surface area contributed by atoms with Gasteiger partial charge in [0, 0.05) is 32.1 Å². The fraction of sp³-hybridized carbons (Fsp3) is 0.632. The van der Waals surface area contributed by atoms with E-state index in [1.807, 2.05) is 19.1 Å². The number of rotatable bonds is 4. The van der Waals surface area contributed by atoms with Crippen LogP contribution in [-0.4, -0.2) is 43.6 Å². The lowest BCUT2D eigenvalue weighted by atomic mass is 9.88. The molecule has 126 valence electrons. The molecule has 1 aliphatic heterocycles. The van der Waals surface area contributed by atoms with E-state index in [2.05, 4.69) is 21.9 Å². The van der Waals surface area contributed by atoms with Gasteiger partial charge in [-0.25, -0.2) is 0 Å². The first-order valence-corrected chi connectivity index (χ1v) is 9.05. The lowest BCUT2D eigenvalue weighted by Crippen LogP contribution is -2.50. The van der Waals surface area contributed by atoms with E-state index in [0.29, 0.717) is 12.5 Å². The standard InChI is InChI=1S/C19H28N2O2/c1-2-23-18-11-7-6-10-17(18)20-12-14-21(15-13-20)19(22)16-8-4-3-5-9-16/h6-7,10-11,16H,2-5,8-9,12-15H2,1H3. The van der Waals surface area contributed by atoms with E-state index < -0.39 is 0 Å². The van der Waals surface area contributed by atoms with Gasteiger partial charge in [0.05, 0.1) is 12.3 Å². The lowest BCUT2D eigenvalue weighted by molar-refractivity contribution is -0.136. The SMILES string of the molecule is CCOc1ccccc1N1CCN(C(=O)C2CCCCC2)CC1. The third-order valence-electron chi connectivity index (χ3n) is 5.05. The van der Waals surface area contributed by atoms with E-state index in [1.54, 1.807) is 0 Å². The highest BCUT2D eigenvalue weighted by Gasteiger charge is 2.28. The largest absolute Gasteiger partial charge is 0.492 e. The fourth-order valence-electron chi connectivity index (χ4n) is 3.77. The van der Waals surface area contributed by atoms with E-state index in [-0.39, 0.29) is 5.92 Å². The van der Waals surface area contributed by atoms with Gasteiger partial charge < -0.3 is 14.5 Å². The van der Waals surface area contributed by atoms with E-state index in [1.165, 1.54) is 19.3 Å². The van der Waals surface area contributed by atoms with E-state index in [4.69, 9.17) is 4.74 Å². The normalized spacial score (nSPS) is 19.7. The molecule has 0 aromatic heterocycles. The molecule has 1 aliphatic carbocycles. The van der Waals surface area contributed by atoms with Crippen LogP contribution in [0.25, 0.3) is 0 Å². The van der Waals surface area contributed by atoms with E-state index in [9.17, 15) is 4.79 Å². The Morgan fingerprint density at radius 2 is 1.78 bits per heavy atom. The molecule has 0 radical (unpaired) electrons. The number of hydrogen-bond acceptors (Lipinski definition) is 3. The topological polar surface area (TPSA) is 32.8 Å². The second kappa shape index (κ2) is 7.71. The van der Waals surface area contributed by atoms with Crippen molar-refractivity contribution >= 4 is 11.6 Å². The Morgan fingerprint density at radius 3 is 2.48 bits per heavy atom. The number of carbonyl (C=O) groups is 1. The number of benzene rings is 1. The number of carbonyl (C=O) groups excluding carboxylic acids is 1. The van der Waals surface area contributed by atoms with Crippen molar-refractivity contribution in [3.63, 3.8) is 0 Å². The van der Waals surface area contributed by atoms with Crippen LogP contribution in [0.3, 0.4) is 0 Å². The second-order valence-electron chi connectivity index (χ2n) is 6.55. The molecule has 3 rings (SSSR count). The molecule has 1 heterocycles. The molecule has 1 aromatic carbocycles. The number of nitrogens with zero attached hydrogens (tertiary/aromatic N) is 2. The highest BCUT2D eigenvalue weighted by atomic mass is 16.5. The van der Waals surface area contributed by atoms with Crippen molar-refractivity contribution in [2.75, 3.05) is 37.7 Å². The zero-order valence-corrected chi connectivity index (χ0v) is 14.2. The minimum atomic E-state index is 0.283. The number of anilines is 1. The Bertz CT molecular complexity index is 518. The Labute approximate surface area is 139 Å². The van der Waals surface area contributed by atoms with Crippen LogP contribution in [0, 0.1) is 5.92 Å². The summed E-state index contributed by atoms with van der Waals surface area (Å²) in [6, 6.07) is 8.21. The zero-order chi connectivity index (χ0) is 16.1. The van der Waals surface area contributed by atoms with Gasteiger partial charge in [-0.15, -0.1) is 0 Å². The summed E-state index contributed by atoms with van der Waals surface area (Å²) in [5.74, 6) is 1.62. The van der Waals surface area contributed by atoms with E-state index >= 15 is 0 Å². The Morgan fingerprint density at radius 1 is 1.09 bits per heavy atom. The summed E-state index contributed by atoms with van der Waals surface area (Å²) in [5.41, 5.74) is 1.15. The van der Waals surface area contributed by atoms with Gasteiger partial charge in [-0.3, -0.25) is 4.79 Å². The first-order valence-electron chi connectivity index (χ1n) is 9.05. The van der Waals surface area contributed by atoms with Gasteiger partial charge in [0.15, 0.2) is 0 Å². The summed E-state index contributed by atoms with van der Waals surface area (Å²) in [5, 5.41) is 0. The number of piperazine rings is 1. The monoisotopic (exact) mass is 316 g/mol. The molecule has 2 aliphatic rings. The quantitative estimate of drug-likeness (QED) is 0.854. The smallest absolute Gasteiger partial charge is 0.225 e. The third-order valence-corrected chi connectivity index (χ3v) is 5.05. The average molecular weight is 316 g/mol. The predicted molar refractivity (Wildman–Crippen MR) is 93.0 cm³/mol. The number of hydrogen-bond donors (Lipinski definition) is 0. The maximum absolute atomic E-state index is 12.6. The minimum absolute atomic E-state index is 0.283. The molecular weight excluding hydrogens is 288 g/mol. The van der Waals surface area contributed by atoms with Crippen LogP contribution in [0.1, 0.15) is 39.0 Å². The summed E-state index contributed by atoms with van der Waals surface area (Å²) in [6.07, 6.45) is 5.92. The molecule has 0 bridgehead atoms. The second-order valence-corrected chi connectivity index (χ2v) is 6.55. The highest BCUT2D eigenvalue weighted by Crippen LogP contribution is 2.30. The minimum Gasteiger partial charge on any atom is -0.492 e. The summed E-state index contributed by atoms with van der Waals surface area (Å²) < 4.78 is 5.74. The average Bonchev–Trinajstić information content (AvgIpc) is 2.63. The predicted octanol–water partition coefficient (Wildman–Crippen LogP) is 3.31. The van der Waals surface area contributed by atoms with E-state index in [0.717, 1.165) is 50.5 Å². The molecule has 2 fully saturated rings. The molecule has 1 amide bonds.